The summed E-state index contributed by atoms with van der Waals surface area (Å²) in [6, 6.07) is 2.28. The summed E-state index contributed by atoms with van der Waals surface area (Å²) in [7, 11) is 0. The molecule has 0 fully saturated rings. The second-order valence-corrected chi connectivity index (χ2v) is 3.74. The first-order valence-electron chi connectivity index (χ1n) is 6.02. The number of hydrogen-bond donors (Lipinski definition) is 3. The maximum Gasteiger partial charge on any atom is 0.371 e. The lowest BCUT2D eigenvalue weighted by Gasteiger charge is -2.06. The monoisotopic (exact) mass is 284 g/mol. The van der Waals surface area contributed by atoms with E-state index >= 15 is 0 Å². The highest BCUT2D eigenvalue weighted by atomic mass is 16.5. The van der Waals surface area contributed by atoms with Crippen LogP contribution in [0.4, 0.5) is 4.79 Å². The molecule has 1 heterocycles. The number of urea groups is 1. The summed E-state index contributed by atoms with van der Waals surface area (Å²) >= 11 is 0. The van der Waals surface area contributed by atoms with Crippen LogP contribution in [0.2, 0.25) is 0 Å². The van der Waals surface area contributed by atoms with Crippen molar-refractivity contribution in [3.63, 3.8) is 0 Å². The number of hydrogen-bond acceptors (Lipinski definition) is 5. The van der Waals surface area contributed by atoms with E-state index < -0.39 is 12.0 Å². The molecule has 0 saturated heterocycles. The average Bonchev–Trinajstić information content (AvgIpc) is 2.85. The van der Waals surface area contributed by atoms with E-state index in [-0.39, 0.29) is 31.2 Å². The van der Waals surface area contributed by atoms with Gasteiger partial charge in [0, 0.05) is 6.54 Å². The van der Waals surface area contributed by atoms with E-state index in [1.165, 1.54) is 12.1 Å². The number of nitrogens with one attached hydrogen (secondary N) is 2. The topological polar surface area (TPSA) is 118 Å². The van der Waals surface area contributed by atoms with Crippen LogP contribution in [0, 0.1) is 0 Å². The van der Waals surface area contributed by atoms with Gasteiger partial charge in [0.15, 0.2) is 0 Å². The fraction of sp³-hybridized carbons (Fsp3) is 0.417. The fourth-order valence-electron chi connectivity index (χ4n) is 1.33. The number of carbonyl (C=O) groups excluding carboxylic acids is 2. The second-order valence-electron chi connectivity index (χ2n) is 3.74. The number of carboxylic acids is 1. The van der Waals surface area contributed by atoms with E-state index in [2.05, 4.69) is 10.6 Å². The van der Waals surface area contributed by atoms with Crippen LogP contribution in [0.1, 0.15) is 29.7 Å². The van der Waals surface area contributed by atoms with Crippen molar-refractivity contribution in [3.8, 4) is 0 Å². The highest BCUT2D eigenvalue weighted by molar-refractivity contribution is 5.84. The molecule has 0 aliphatic rings. The lowest BCUT2D eigenvalue weighted by atomic mass is 10.4. The third-order valence-electron chi connectivity index (χ3n) is 2.22. The van der Waals surface area contributed by atoms with Crippen LogP contribution in [0.5, 0.6) is 0 Å². The van der Waals surface area contributed by atoms with Crippen molar-refractivity contribution in [2.45, 2.75) is 19.9 Å². The Kier molecular flexibility index (Phi) is 6.08. The normalized spacial score (nSPS) is 9.85. The van der Waals surface area contributed by atoms with Crippen LogP contribution in [0.25, 0.3) is 0 Å². The summed E-state index contributed by atoms with van der Waals surface area (Å²) in [6.45, 7) is 2.21. The maximum absolute atomic E-state index is 11.4. The Morgan fingerprint density at radius 3 is 2.65 bits per heavy atom. The van der Waals surface area contributed by atoms with Crippen LogP contribution < -0.4 is 10.6 Å². The summed E-state index contributed by atoms with van der Waals surface area (Å²) in [5.74, 6) is -1.42. The van der Waals surface area contributed by atoms with Crippen LogP contribution in [-0.2, 0) is 16.1 Å². The Bertz CT molecular complexity index is 482. The van der Waals surface area contributed by atoms with Crippen molar-refractivity contribution in [1.82, 2.24) is 10.6 Å². The molecule has 0 bridgehead atoms. The van der Waals surface area contributed by atoms with Crippen LogP contribution in [-0.4, -0.2) is 36.2 Å². The fourth-order valence-corrected chi connectivity index (χ4v) is 1.33. The van der Waals surface area contributed by atoms with Gasteiger partial charge in [-0.3, -0.25) is 4.79 Å². The first-order valence-corrected chi connectivity index (χ1v) is 6.02. The number of aromatic carboxylic acids is 1. The van der Waals surface area contributed by atoms with E-state index in [0.29, 0.717) is 12.4 Å². The standard InChI is InChI=1S/C12H16N2O6/c1-2-19-10(15)5-6-13-12(18)14-7-8-3-4-9(20-8)11(16)17/h3-4H,2,5-7H2,1H3,(H,16,17)(H2,13,14,18). The van der Waals surface area contributed by atoms with Gasteiger partial charge in [-0.15, -0.1) is 0 Å². The second kappa shape index (κ2) is 7.82. The number of carbonyl (C=O) groups is 3. The molecule has 3 N–H and O–H groups in total. The van der Waals surface area contributed by atoms with Gasteiger partial charge in [-0.2, -0.15) is 0 Å². The number of esters is 1. The molecule has 0 spiro atoms. The molecule has 0 aliphatic heterocycles. The molecule has 0 atom stereocenters. The van der Waals surface area contributed by atoms with Gasteiger partial charge in [0.05, 0.1) is 19.6 Å². The summed E-state index contributed by atoms with van der Waals surface area (Å²) in [4.78, 5) is 32.9. The van der Waals surface area contributed by atoms with Crippen molar-refractivity contribution in [1.29, 1.82) is 0 Å². The van der Waals surface area contributed by atoms with E-state index in [4.69, 9.17) is 14.3 Å². The Labute approximate surface area is 115 Å². The molecular weight excluding hydrogens is 268 g/mol. The first kappa shape index (κ1) is 15.5. The number of furan rings is 1. The summed E-state index contributed by atoms with van der Waals surface area (Å²) in [6.07, 6.45) is 0.0885. The number of ether oxygens (including phenoxy) is 1. The molecule has 1 rings (SSSR count). The summed E-state index contributed by atoms with van der Waals surface area (Å²) < 4.78 is 9.65. The third kappa shape index (κ3) is 5.42. The van der Waals surface area contributed by atoms with Crippen molar-refractivity contribution in [2.75, 3.05) is 13.2 Å². The van der Waals surface area contributed by atoms with Gasteiger partial charge in [-0.05, 0) is 19.1 Å². The molecular formula is C12H16N2O6. The van der Waals surface area contributed by atoms with E-state index in [1.807, 2.05) is 0 Å². The summed E-state index contributed by atoms with van der Waals surface area (Å²) in [5.41, 5.74) is 0. The molecule has 8 heteroatoms. The molecule has 0 radical (unpaired) electrons. The van der Waals surface area contributed by atoms with Crippen LogP contribution in [0.15, 0.2) is 16.5 Å². The number of rotatable bonds is 7. The van der Waals surface area contributed by atoms with Crippen molar-refractivity contribution < 1.29 is 28.6 Å². The van der Waals surface area contributed by atoms with Crippen LogP contribution >= 0.6 is 0 Å². The number of carboxylic acid groups (broad SMARTS) is 1. The zero-order chi connectivity index (χ0) is 15.0. The van der Waals surface area contributed by atoms with Crippen molar-refractivity contribution >= 4 is 18.0 Å². The van der Waals surface area contributed by atoms with Gasteiger partial charge in [0.2, 0.25) is 5.76 Å². The van der Waals surface area contributed by atoms with Gasteiger partial charge in [0.1, 0.15) is 5.76 Å². The van der Waals surface area contributed by atoms with E-state index in [9.17, 15) is 14.4 Å². The quantitative estimate of drug-likeness (QED) is 0.635. The Morgan fingerprint density at radius 1 is 1.30 bits per heavy atom. The molecule has 20 heavy (non-hydrogen) atoms. The maximum atomic E-state index is 11.4. The lowest BCUT2D eigenvalue weighted by molar-refractivity contribution is -0.142. The van der Waals surface area contributed by atoms with Gasteiger partial charge in [-0.1, -0.05) is 0 Å². The Morgan fingerprint density at radius 2 is 2.05 bits per heavy atom. The predicted molar refractivity (Wildman–Crippen MR) is 67.2 cm³/mol. The largest absolute Gasteiger partial charge is 0.475 e. The molecule has 2 amide bonds. The molecule has 1 aromatic rings. The zero-order valence-electron chi connectivity index (χ0n) is 11.0. The average molecular weight is 284 g/mol. The SMILES string of the molecule is CCOC(=O)CCNC(=O)NCc1ccc(C(=O)O)o1. The van der Waals surface area contributed by atoms with Gasteiger partial charge in [-0.25, -0.2) is 9.59 Å². The highest BCUT2D eigenvalue weighted by Crippen LogP contribution is 2.07. The zero-order valence-corrected chi connectivity index (χ0v) is 11.0. The predicted octanol–water partition coefficient (Wildman–Crippen LogP) is 0.730. The van der Waals surface area contributed by atoms with Gasteiger partial charge in [0.25, 0.3) is 0 Å². The molecule has 0 saturated carbocycles. The molecule has 1 aromatic heterocycles. The van der Waals surface area contributed by atoms with Gasteiger partial charge >= 0.3 is 18.0 Å². The number of amides is 2. The van der Waals surface area contributed by atoms with Gasteiger partial charge < -0.3 is 24.9 Å². The van der Waals surface area contributed by atoms with Crippen molar-refractivity contribution in [3.05, 3.63) is 23.7 Å². The molecule has 8 nitrogen and oxygen atoms in total. The molecule has 0 unspecified atom stereocenters. The smallest absolute Gasteiger partial charge is 0.371 e. The summed E-state index contributed by atoms with van der Waals surface area (Å²) in [5, 5.41) is 13.6. The Balaban J connectivity index is 2.22. The van der Waals surface area contributed by atoms with E-state index in [1.54, 1.807) is 6.92 Å². The molecule has 110 valence electrons. The minimum Gasteiger partial charge on any atom is -0.475 e. The Hall–Kier alpha value is -2.51. The first-order chi connectivity index (χ1) is 9.52. The van der Waals surface area contributed by atoms with E-state index in [0.717, 1.165) is 0 Å². The molecule has 0 aliphatic carbocycles. The van der Waals surface area contributed by atoms with Crippen molar-refractivity contribution in [2.24, 2.45) is 0 Å². The highest BCUT2D eigenvalue weighted by Gasteiger charge is 2.09. The minimum absolute atomic E-state index is 0.0541. The molecule has 0 aromatic carbocycles. The van der Waals surface area contributed by atoms with Crippen LogP contribution in [0.3, 0.4) is 0 Å². The lowest BCUT2D eigenvalue weighted by Crippen LogP contribution is -2.36. The third-order valence-corrected chi connectivity index (χ3v) is 2.22. The minimum atomic E-state index is -1.17.